The van der Waals surface area contributed by atoms with Gasteiger partial charge in [0.1, 0.15) is 0 Å². The number of carboxylic acids is 1. The van der Waals surface area contributed by atoms with Crippen molar-refractivity contribution >= 4 is 27.8 Å². The molecule has 2 heterocycles. The highest BCUT2D eigenvalue weighted by Gasteiger charge is 2.30. The van der Waals surface area contributed by atoms with Crippen molar-refractivity contribution in [2.24, 2.45) is 0 Å². The number of hydrogen-bond donors (Lipinski definition) is 1. The van der Waals surface area contributed by atoms with Crippen molar-refractivity contribution in [3.8, 4) is 5.69 Å². The van der Waals surface area contributed by atoms with Crippen molar-refractivity contribution in [3.63, 3.8) is 0 Å². The molecule has 1 aromatic heterocycles. The molecule has 0 atom stereocenters. The Balaban J connectivity index is 1.69. The first-order valence-electron chi connectivity index (χ1n) is 8.90. The van der Waals surface area contributed by atoms with Crippen LogP contribution in [-0.2, 0) is 13.0 Å². The number of benzene rings is 2. The largest absolute Gasteiger partial charge is 0.476 e. The summed E-state index contributed by atoms with van der Waals surface area (Å²) >= 11 is 3.40. The number of amides is 1. The van der Waals surface area contributed by atoms with E-state index in [4.69, 9.17) is 0 Å². The molecule has 0 bridgehead atoms. The predicted octanol–water partition coefficient (Wildman–Crippen LogP) is 3.84. The van der Waals surface area contributed by atoms with Gasteiger partial charge in [0.15, 0.2) is 5.69 Å². The molecule has 0 aliphatic carbocycles. The van der Waals surface area contributed by atoms with Gasteiger partial charge in [0, 0.05) is 28.6 Å². The van der Waals surface area contributed by atoms with E-state index in [-0.39, 0.29) is 18.1 Å². The van der Waals surface area contributed by atoms with Gasteiger partial charge in [-0.15, -0.1) is 0 Å². The number of carbonyl (C=O) groups excluding carboxylic acids is 1. The molecular formula is C21H18BrN3O3. The third kappa shape index (κ3) is 3.33. The molecule has 2 aromatic carbocycles. The molecule has 0 fully saturated rings. The quantitative estimate of drug-likeness (QED) is 0.672. The number of rotatable bonds is 3. The van der Waals surface area contributed by atoms with E-state index in [9.17, 15) is 14.7 Å². The van der Waals surface area contributed by atoms with Gasteiger partial charge >= 0.3 is 5.97 Å². The second-order valence-electron chi connectivity index (χ2n) is 6.81. The third-order valence-corrected chi connectivity index (χ3v) is 5.45. The molecule has 0 radical (unpaired) electrons. The van der Waals surface area contributed by atoms with E-state index in [0.29, 0.717) is 24.1 Å². The molecule has 0 spiro atoms. The number of hydrogen-bond acceptors (Lipinski definition) is 3. The van der Waals surface area contributed by atoms with E-state index >= 15 is 0 Å². The van der Waals surface area contributed by atoms with Crippen LogP contribution >= 0.6 is 15.9 Å². The fourth-order valence-electron chi connectivity index (χ4n) is 3.44. The van der Waals surface area contributed by atoms with Gasteiger partial charge < -0.3 is 10.0 Å². The Morgan fingerprint density at radius 2 is 1.75 bits per heavy atom. The number of carboxylic acid groups (broad SMARTS) is 1. The number of aromatic nitrogens is 2. The second-order valence-corrected chi connectivity index (χ2v) is 7.73. The van der Waals surface area contributed by atoms with Crippen molar-refractivity contribution < 1.29 is 14.7 Å². The average molecular weight is 440 g/mol. The molecule has 3 aromatic rings. The van der Waals surface area contributed by atoms with E-state index in [1.54, 1.807) is 21.7 Å². The molecule has 4 rings (SSSR count). The number of aromatic carboxylic acids is 1. The maximum Gasteiger partial charge on any atom is 0.356 e. The molecule has 1 aliphatic heterocycles. The summed E-state index contributed by atoms with van der Waals surface area (Å²) in [5, 5.41) is 14.0. The minimum atomic E-state index is -1.09. The zero-order valence-corrected chi connectivity index (χ0v) is 16.8. The smallest absolute Gasteiger partial charge is 0.356 e. The van der Waals surface area contributed by atoms with Crippen LogP contribution in [0.1, 0.15) is 37.7 Å². The Labute approximate surface area is 170 Å². The highest BCUT2D eigenvalue weighted by molar-refractivity contribution is 9.10. The van der Waals surface area contributed by atoms with E-state index in [1.807, 2.05) is 43.3 Å². The summed E-state index contributed by atoms with van der Waals surface area (Å²) in [5.74, 6) is -1.19. The predicted molar refractivity (Wildman–Crippen MR) is 108 cm³/mol. The Morgan fingerprint density at radius 3 is 2.39 bits per heavy atom. The Kier molecular flexibility index (Phi) is 4.77. The molecule has 0 unspecified atom stereocenters. The summed E-state index contributed by atoms with van der Waals surface area (Å²) in [4.78, 5) is 26.3. The van der Waals surface area contributed by atoms with Gasteiger partial charge in [-0.05, 0) is 43.3 Å². The summed E-state index contributed by atoms with van der Waals surface area (Å²) in [6.45, 7) is 2.72. The maximum absolute atomic E-state index is 12.9. The molecule has 0 saturated heterocycles. The Bertz CT molecular complexity index is 1060. The van der Waals surface area contributed by atoms with Gasteiger partial charge in [0.2, 0.25) is 0 Å². The van der Waals surface area contributed by atoms with Gasteiger partial charge in [0.05, 0.1) is 17.9 Å². The number of halogens is 1. The van der Waals surface area contributed by atoms with E-state index in [2.05, 4.69) is 21.0 Å². The van der Waals surface area contributed by atoms with Crippen LogP contribution in [0.15, 0.2) is 53.0 Å². The molecule has 1 aliphatic rings. The van der Waals surface area contributed by atoms with E-state index in [0.717, 1.165) is 21.4 Å². The minimum absolute atomic E-state index is 0.000625. The first-order chi connectivity index (χ1) is 13.4. The lowest BCUT2D eigenvalue weighted by Crippen LogP contribution is -2.36. The van der Waals surface area contributed by atoms with E-state index < -0.39 is 5.97 Å². The van der Waals surface area contributed by atoms with Crippen molar-refractivity contribution in [2.45, 2.75) is 19.9 Å². The second kappa shape index (κ2) is 7.24. The highest BCUT2D eigenvalue weighted by Crippen LogP contribution is 2.27. The third-order valence-electron chi connectivity index (χ3n) is 4.92. The van der Waals surface area contributed by atoms with Crippen molar-refractivity contribution in [1.29, 1.82) is 0 Å². The normalized spacial score (nSPS) is 13.3. The van der Waals surface area contributed by atoms with Gasteiger partial charge in [-0.25, -0.2) is 9.48 Å². The van der Waals surface area contributed by atoms with Gasteiger partial charge in [-0.2, -0.15) is 5.10 Å². The summed E-state index contributed by atoms with van der Waals surface area (Å²) in [5.41, 5.74) is 3.92. The molecular weight excluding hydrogens is 422 g/mol. The molecule has 28 heavy (non-hydrogen) atoms. The van der Waals surface area contributed by atoms with E-state index in [1.165, 1.54) is 0 Å². The van der Waals surface area contributed by atoms with Crippen molar-refractivity contribution in [3.05, 3.63) is 81.1 Å². The van der Waals surface area contributed by atoms with Gasteiger partial charge in [-0.1, -0.05) is 33.6 Å². The first-order valence-corrected chi connectivity index (χ1v) is 9.69. The molecule has 6 nitrogen and oxygen atoms in total. The summed E-state index contributed by atoms with van der Waals surface area (Å²) in [6, 6.07) is 14.9. The van der Waals surface area contributed by atoms with Crippen LogP contribution in [0.2, 0.25) is 0 Å². The van der Waals surface area contributed by atoms with Gasteiger partial charge in [0.25, 0.3) is 5.91 Å². The van der Waals surface area contributed by atoms with Crippen LogP contribution < -0.4 is 0 Å². The lowest BCUT2D eigenvalue weighted by Gasteiger charge is -2.28. The average Bonchev–Trinajstić information content (AvgIpc) is 3.08. The van der Waals surface area contributed by atoms with Gasteiger partial charge in [-0.3, -0.25) is 4.79 Å². The molecule has 142 valence electrons. The topological polar surface area (TPSA) is 75.4 Å². The summed E-state index contributed by atoms with van der Waals surface area (Å²) in [7, 11) is 0. The number of aryl methyl sites for hydroxylation is 1. The first kappa shape index (κ1) is 18.4. The maximum atomic E-state index is 12.9. The zero-order chi connectivity index (χ0) is 19.8. The SMILES string of the molecule is Cc1ccc(C(=O)N2CCc3c(c(C(=O)O)nn3-c3ccc(Br)cc3)C2)cc1. The molecule has 7 heteroatoms. The standard InChI is InChI=1S/C21H18BrN3O3/c1-13-2-4-14(5-3-13)20(26)24-11-10-18-17(12-24)19(21(27)28)23-25(18)16-8-6-15(22)7-9-16/h2-9H,10-12H2,1H3,(H,27,28). The summed E-state index contributed by atoms with van der Waals surface area (Å²) < 4.78 is 2.62. The van der Waals surface area contributed by atoms with Crippen molar-refractivity contribution in [1.82, 2.24) is 14.7 Å². The number of fused-ring (bicyclic) bond motifs is 1. The number of carbonyl (C=O) groups is 2. The van der Waals surface area contributed by atoms with Crippen LogP contribution in [0.3, 0.4) is 0 Å². The molecule has 0 saturated carbocycles. The lowest BCUT2D eigenvalue weighted by molar-refractivity contribution is 0.0674. The lowest BCUT2D eigenvalue weighted by atomic mass is 10.0. The summed E-state index contributed by atoms with van der Waals surface area (Å²) in [6.07, 6.45) is 0.545. The molecule has 1 N–H and O–H groups in total. The molecule has 1 amide bonds. The van der Waals surface area contributed by atoms with Crippen LogP contribution in [0.25, 0.3) is 5.69 Å². The van der Waals surface area contributed by atoms with Crippen LogP contribution in [0, 0.1) is 6.92 Å². The fraction of sp³-hybridized carbons (Fsp3) is 0.190. The van der Waals surface area contributed by atoms with Crippen LogP contribution in [0.5, 0.6) is 0 Å². The zero-order valence-electron chi connectivity index (χ0n) is 15.2. The minimum Gasteiger partial charge on any atom is -0.476 e. The Hall–Kier alpha value is -2.93. The monoisotopic (exact) mass is 439 g/mol. The van der Waals surface area contributed by atoms with Crippen LogP contribution in [-0.4, -0.2) is 38.2 Å². The van der Waals surface area contributed by atoms with Crippen LogP contribution in [0.4, 0.5) is 0 Å². The number of nitrogens with zero attached hydrogens (tertiary/aromatic N) is 3. The van der Waals surface area contributed by atoms with Crippen molar-refractivity contribution in [2.75, 3.05) is 6.54 Å². The fourth-order valence-corrected chi connectivity index (χ4v) is 3.70. The Morgan fingerprint density at radius 1 is 1.07 bits per heavy atom. The highest BCUT2D eigenvalue weighted by atomic mass is 79.9.